The van der Waals surface area contributed by atoms with Crippen LogP contribution in [0.15, 0.2) is 24.3 Å². The van der Waals surface area contributed by atoms with Crippen LogP contribution in [0.25, 0.3) is 0 Å². The van der Waals surface area contributed by atoms with Gasteiger partial charge in [-0.1, -0.05) is 54.2 Å². The summed E-state index contributed by atoms with van der Waals surface area (Å²) < 4.78 is 5.36. The topological polar surface area (TPSA) is 9.23 Å². The molecule has 0 spiro atoms. The maximum absolute atomic E-state index is 5.36. The first-order chi connectivity index (χ1) is 10.2. The van der Waals surface area contributed by atoms with Gasteiger partial charge in [0.25, 0.3) is 0 Å². The van der Waals surface area contributed by atoms with Crippen LogP contribution in [0.2, 0.25) is 0 Å². The third-order valence-corrected chi connectivity index (χ3v) is 6.32. The molecule has 21 heavy (non-hydrogen) atoms. The van der Waals surface area contributed by atoms with Gasteiger partial charge in [-0.2, -0.15) is 0 Å². The van der Waals surface area contributed by atoms with Crippen LogP contribution in [-0.4, -0.2) is 12.4 Å². The molecule has 0 bridgehead atoms. The molecule has 0 unspecified atom stereocenters. The van der Waals surface area contributed by atoms with E-state index < -0.39 is 0 Å². The fraction of sp³-hybridized carbons (Fsp3) is 0.684. The number of ether oxygens (including phenoxy) is 1. The highest BCUT2D eigenvalue weighted by Gasteiger charge is 2.34. The summed E-state index contributed by atoms with van der Waals surface area (Å²) in [5, 5.41) is 1.12. The van der Waals surface area contributed by atoms with Gasteiger partial charge < -0.3 is 4.74 Å². The van der Waals surface area contributed by atoms with Gasteiger partial charge in [0.1, 0.15) is 5.75 Å². The van der Waals surface area contributed by atoms with Crippen LogP contribution in [0, 0.1) is 11.3 Å². The number of halogens is 1. The summed E-state index contributed by atoms with van der Waals surface area (Å²) >= 11 is 3.80. The number of alkyl halides is 1. The smallest absolute Gasteiger partial charge is 0.119 e. The van der Waals surface area contributed by atoms with Gasteiger partial charge >= 0.3 is 0 Å². The molecule has 1 aliphatic rings. The minimum atomic E-state index is 0.453. The first kappa shape index (κ1) is 16.9. The lowest BCUT2D eigenvalue weighted by molar-refractivity contribution is 0.168. The molecule has 118 valence electrons. The third-order valence-electron chi connectivity index (χ3n) is 5.13. The van der Waals surface area contributed by atoms with E-state index in [-0.39, 0.29) is 0 Å². The highest BCUT2D eigenvalue weighted by atomic mass is 79.9. The molecule has 2 heteroatoms. The molecular weight excluding hydrogens is 324 g/mol. The molecule has 0 saturated heterocycles. The maximum Gasteiger partial charge on any atom is 0.119 e. The van der Waals surface area contributed by atoms with E-state index in [9.17, 15) is 0 Å². The zero-order chi connectivity index (χ0) is 15.1. The lowest BCUT2D eigenvalue weighted by Crippen LogP contribution is -2.31. The molecular formula is C19H29BrO. The predicted octanol–water partition coefficient (Wildman–Crippen LogP) is 6.00. The normalized spacial score (nSPS) is 25.8. The van der Waals surface area contributed by atoms with Crippen LogP contribution >= 0.6 is 15.9 Å². The van der Waals surface area contributed by atoms with E-state index in [0.29, 0.717) is 5.41 Å². The van der Waals surface area contributed by atoms with Crippen LogP contribution < -0.4 is 4.74 Å². The van der Waals surface area contributed by atoms with Gasteiger partial charge in [-0.05, 0) is 61.1 Å². The van der Waals surface area contributed by atoms with Crippen molar-refractivity contribution in [2.75, 3.05) is 12.4 Å². The lowest BCUT2D eigenvalue weighted by atomic mass is 9.68. The minimum Gasteiger partial charge on any atom is -0.497 e. The first-order valence-electron chi connectivity index (χ1n) is 8.40. The molecule has 1 aromatic rings. The minimum absolute atomic E-state index is 0.453. The fourth-order valence-corrected chi connectivity index (χ4v) is 4.40. The number of methoxy groups -OCH3 is 1. The largest absolute Gasteiger partial charge is 0.497 e. The van der Waals surface area contributed by atoms with Gasteiger partial charge in [0.2, 0.25) is 0 Å². The van der Waals surface area contributed by atoms with Crippen molar-refractivity contribution < 1.29 is 4.74 Å². The Kier molecular flexibility index (Phi) is 6.60. The van der Waals surface area contributed by atoms with Crippen LogP contribution in [0.1, 0.15) is 57.4 Å². The second-order valence-electron chi connectivity index (χ2n) is 6.75. The van der Waals surface area contributed by atoms with E-state index in [1.54, 1.807) is 7.11 Å². The van der Waals surface area contributed by atoms with Crippen molar-refractivity contribution in [2.24, 2.45) is 11.3 Å². The van der Waals surface area contributed by atoms with Crippen molar-refractivity contribution in [1.29, 1.82) is 0 Å². The average Bonchev–Trinajstić information content (AvgIpc) is 2.54. The summed E-state index contributed by atoms with van der Waals surface area (Å²) in [4.78, 5) is 0. The number of hydrogen-bond acceptors (Lipinski definition) is 1. The van der Waals surface area contributed by atoms with Crippen molar-refractivity contribution in [3.8, 4) is 5.75 Å². The number of unbranched alkanes of at least 4 members (excludes halogenated alkanes) is 1. The van der Waals surface area contributed by atoms with Crippen LogP contribution in [0.5, 0.6) is 5.75 Å². The standard InChI is InChI=1S/C19H29BrO/c1-3-4-6-16-9-11-19(15-20,12-10-16)14-17-7-5-8-18(13-17)21-2/h5,7-8,13,16H,3-4,6,9-12,14-15H2,1-2H3. The molecule has 0 heterocycles. The zero-order valence-electron chi connectivity index (χ0n) is 13.5. The van der Waals surface area contributed by atoms with E-state index in [2.05, 4.69) is 41.1 Å². The van der Waals surface area contributed by atoms with Crippen LogP contribution in [0.3, 0.4) is 0 Å². The monoisotopic (exact) mass is 352 g/mol. The van der Waals surface area contributed by atoms with Gasteiger partial charge in [0.15, 0.2) is 0 Å². The Labute approximate surface area is 138 Å². The Balaban J connectivity index is 1.96. The van der Waals surface area contributed by atoms with Gasteiger partial charge in [-0.15, -0.1) is 0 Å². The molecule has 0 radical (unpaired) electrons. The number of benzene rings is 1. The molecule has 1 fully saturated rings. The van der Waals surface area contributed by atoms with Crippen molar-refractivity contribution in [3.63, 3.8) is 0 Å². The Hall–Kier alpha value is -0.500. The van der Waals surface area contributed by atoms with E-state index in [0.717, 1.165) is 17.0 Å². The number of rotatable bonds is 7. The quantitative estimate of drug-likeness (QED) is 0.546. The third kappa shape index (κ3) is 4.74. The number of hydrogen-bond donors (Lipinski definition) is 0. The molecule has 0 amide bonds. The zero-order valence-corrected chi connectivity index (χ0v) is 15.1. The summed E-state index contributed by atoms with van der Waals surface area (Å²) in [6.45, 7) is 2.30. The van der Waals surface area contributed by atoms with Crippen LogP contribution in [-0.2, 0) is 6.42 Å². The first-order valence-corrected chi connectivity index (χ1v) is 9.52. The fourth-order valence-electron chi connectivity index (χ4n) is 3.64. The molecule has 1 aliphatic carbocycles. The summed E-state index contributed by atoms with van der Waals surface area (Å²) in [6, 6.07) is 8.60. The van der Waals surface area contributed by atoms with E-state index >= 15 is 0 Å². The molecule has 0 aliphatic heterocycles. The molecule has 0 atom stereocenters. The van der Waals surface area contributed by atoms with Crippen molar-refractivity contribution in [2.45, 2.75) is 58.3 Å². The highest BCUT2D eigenvalue weighted by Crippen LogP contribution is 2.44. The molecule has 1 nitrogen and oxygen atoms in total. The van der Waals surface area contributed by atoms with Gasteiger partial charge in [0.05, 0.1) is 7.11 Å². The van der Waals surface area contributed by atoms with Crippen molar-refractivity contribution >= 4 is 15.9 Å². The molecule has 2 rings (SSSR count). The summed E-state index contributed by atoms with van der Waals surface area (Å²) in [5.41, 5.74) is 1.87. The van der Waals surface area contributed by atoms with Crippen LogP contribution in [0.4, 0.5) is 0 Å². The van der Waals surface area contributed by atoms with Crippen molar-refractivity contribution in [3.05, 3.63) is 29.8 Å². The van der Waals surface area contributed by atoms with E-state index in [1.807, 2.05) is 6.07 Å². The maximum atomic E-state index is 5.36. The summed E-state index contributed by atoms with van der Waals surface area (Å²) in [5.74, 6) is 1.95. The summed E-state index contributed by atoms with van der Waals surface area (Å²) in [6.07, 6.45) is 10.9. The Bertz CT molecular complexity index is 421. The average molecular weight is 353 g/mol. The SMILES string of the molecule is CCCCC1CCC(CBr)(Cc2cccc(OC)c2)CC1. The van der Waals surface area contributed by atoms with Gasteiger partial charge in [0, 0.05) is 5.33 Å². The second kappa shape index (κ2) is 8.22. The Morgan fingerprint density at radius 1 is 1.29 bits per heavy atom. The van der Waals surface area contributed by atoms with Crippen molar-refractivity contribution in [1.82, 2.24) is 0 Å². The van der Waals surface area contributed by atoms with E-state index in [1.165, 1.54) is 56.9 Å². The van der Waals surface area contributed by atoms with E-state index in [4.69, 9.17) is 4.74 Å². The molecule has 0 N–H and O–H groups in total. The molecule has 1 saturated carbocycles. The Morgan fingerprint density at radius 3 is 2.67 bits per heavy atom. The molecule has 0 aromatic heterocycles. The lowest BCUT2D eigenvalue weighted by Gasteiger charge is -2.39. The summed E-state index contributed by atoms with van der Waals surface area (Å²) in [7, 11) is 1.75. The Morgan fingerprint density at radius 2 is 2.05 bits per heavy atom. The van der Waals surface area contributed by atoms with Gasteiger partial charge in [-0.3, -0.25) is 0 Å². The highest BCUT2D eigenvalue weighted by molar-refractivity contribution is 9.09. The van der Waals surface area contributed by atoms with Gasteiger partial charge in [-0.25, -0.2) is 0 Å². The second-order valence-corrected chi connectivity index (χ2v) is 7.31. The molecule has 1 aromatic carbocycles. The predicted molar refractivity (Wildman–Crippen MR) is 94.4 cm³/mol.